The Kier molecular flexibility index (Phi) is 3.23. The average molecular weight is 288 g/mol. The number of anilines is 2. The number of thiazole rings is 1. The van der Waals surface area contributed by atoms with Gasteiger partial charge in [-0.05, 0) is 37.3 Å². The SMILES string of the molecule is Cc1nc(N)sc1C1C=CN=CN1c1ccc(F)cc1. The Morgan fingerprint density at radius 1 is 1.30 bits per heavy atom. The van der Waals surface area contributed by atoms with Gasteiger partial charge in [0.25, 0.3) is 0 Å². The molecule has 1 unspecified atom stereocenters. The topological polar surface area (TPSA) is 54.5 Å². The molecule has 3 rings (SSSR count). The summed E-state index contributed by atoms with van der Waals surface area (Å²) in [6, 6.07) is 6.31. The van der Waals surface area contributed by atoms with E-state index in [4.69, 9.17) is 5.73 Å². The molecule has 2 heterocycles. The highest BCUT2D eigenvalue weighted by Crippen LogP contribution is 2.35. The summed E-state index contributed by atoms with van der Waals surface area (Å²) in [4.78, 5) is 11.4. The Morgan fingerprint density at radius 2 is 2.05 bits per heavy atom. The number of aryl methyl sites for hydroxylation is 1. The third-order valence-corrected chi connectivity index (χ3v) is 4.14. The predicted octanol–water partition coefficient (Wildman–Crippen LogP) is 3.28. The molecule has 1 aromatic carbocycles. The van der Waals surface area contributed by atoms with Gasteiger partial charge in [-0.3, -0.25) is 0 Å². The molecule has 0 bridgehead atoms. The van der Waals surface area contributed by atoms with E-state index in [1.54, 1.807) is 24.7 Å². The molecule has 2 aromatic rings. The Morgan fingerprint density at radius 3 is 2.70 bits per heavy atom. The molecule has 0 saturated carbocycles. The van der Waals surface area contributed by atoms with Crippen molar-refractivity contribution in [1.82, 2.24) is 4.98 Å². The number of nitrogens with two attached hydrogens (primary N) is 1. The highest BCUT2D eigenvalue weighted by atomic mass is 32.1. The van der Waals surface area contributed by atoms with Crippen molar-refractivity contribution in [3.05, 3.63) is 52.9 Å². The normalized spacial score (nSPS) is 17.7. The van der Waals surface area contributed by atoms with Crippen molar-refractivity contribution in [3.63, 3.8) is 0 Å². The second kappa shape index (κ2) is 5.05. The summed E-state index contributed by atoms with van der Waals surface area (Å²) >= 11 is 1.46. The van der Waals surface area contributed by atoms with Crippen molar-refractivity contribution in [1.29, 1.82) is 0 Å². The van der Waals surface area contributed by atoms with E-state index in [0.29, 0.717) is 5.13 Å². The van der Waals surface area contributed by atoms with Crippen LogP contribution in [-0.4, -0.2) is 11.3 Å². The smallest absolute Gasteiger partial charge is 0.180 e. The zero-order valence-electron chi connectivity index (χ0n) is 10.8. The maximum absolute atomic E-state index is 13.1. The van der Waals surface area contributed by atoms with Gasteiger partial charge in [-0.2, -0.15) is 0 Å². The van der Waals surface area contributed by atoms with Gasteiger partial charge in [-0.1, -0.05) is 11.3 Å². The van der Waals surface area contributed by atoms with Crippen LogP contribution in [0.4, 0.5) is 15.2 Å². The van der Waals surface area contributed by atoms with Gasteiger partial charge in [0.05, 0.1) is 23.0 Å². The molecule has 1 aromatic heterocycles. The third kappa shape index (κ3) is 2.30. The fourth-order valence-electron chi connectivity index (χ4n) is 2.16. The lowest BCUT2D eigenvalue weighted by molar-refractivity contribution is 0.627. The van der Waals surface area contributed by atoms with E-state index in [1.165, 1.54) is 23.5 Å². The minimum atomic E-state index is -0.256. The molecule has 0 aliphatic carbocycles. The molecule has 0 amide bonds. The van der Waals surface area contributed by atoms with Gasteiger partial charge in [0.1, 0.15) is 5.82 Å². The maximum atomic E-state index is 13.1. The zero-order chi connectivity index (χ0) is 14.1. The standard InChI is InChI=1S/C14H13FN4S/c1-9-13(20-14(16)18-9)12-6-7-17-8-19(12)11-4-2-10(15)3-5-11/h2-8,12H,1H3,(H2,16,18). The molecule has 6 heteroatoms. The van der Waals surface area contributed by atoms with Crippen molar-refractivity contribution < 1.29 is 4.39 Å². The summed E-state index contributed by atoms with van der Waals surface area (Å²) in [5, 5.41) is 0.549. The fraction of sp³-hybridized carbons (Fsp3) is 0.143. The summed E-state index contributed by atoms with van der Waals surface area (Å²) in [6.45, 7) is 1.94. The number of benzene rings is 1. The minimum Gasteiger partial charge on any atom is -0.375 e. The molecule has 0 saturated heterocycles. The van der Waals surface area contributed by atoms with Crippen molar-refractivity contribution >= 4 is 28.5 Å². The molecule has 0 spiro atoms. The van der Waals surface area contributed by atoms with Gasteiger partial charge in [0.15, 0.2) is 5.13 Å². The summed E-state index contributed by atoms with van der Waals surface area (Å²) in [7, 11) is 0. The average Bonchev–Trinajstić information content (AvgIpc) is 2.78. The van der Waals surface area contributed by atoms with Crippen LogP contribution in [0.5, 0.6) is 0 Å². The number of aromatic nitrogens is 1. The molecule has 0 fully saturated rings. The first-order valence-electron chi connectivity index (χ1n) is 6.12. The molecule has 0 radical (unpaired) electrons. The molecule has 1 aliphatic rings. The van der Waals surface area contributed by atoms with Crippen molar-refractivity contribution in [2.75, 3.05) is 10.6 Å². The lowest BCUT2D eigenvalue weighted by Crippen LogP contribution is -2.27. The van der Waals surface area contributed by atoms with Crippen LogP contribution in [0.2, 0.25) is 0 Å². The lowest BCUT2D eigenvalue weighted by atomic mass is 10.1. The van der Waals surface area contributed by atoms with Crippen LogP contribution in [0.3, 0.4) is 0 Å². The van der Waals surface area contributed by atoms with Crippen LogP contribution in [-0.2, 0) is 0 Å². The molecule has 4 nitrogen and oxygen atoms in total. The van der Waals surface area contributed by atoms with Crippen LogP contribution in [0.15, 0.2) is 41.5 Å². The quantitative estimate of drug-likeness (QED) is 0.922. The lowest BCUT2D eigenvalue weighted by Gasteiger charge is -2.29. The van der Waals surface area contributed by atoms with E-state index in [2.05, 4.69) is 9.98 Å². The van der Waals surface area contributed by atoms with Crippen LogP contribution in [0.1, 0.15) is 16.6 Å². The number of hydrogen-bond acceptors (Lipinski definition) is 5. The van der Waals surface area contributed by atoms with Crippen LogP contribution in [0.25, 0.3) is 0 Å². The van der Waals surface area contributed by atoms with Gasteiger partial charge in [0, 0.05) is 11.9 Å². The zero-order valence-corrected chi connectivity index (χ0v) is 11.6. The molecule has 1 atom stereocenters. The third-order valence-electron chi connectivity index (χ3n) is 3.09. The highest BCUT2D eigenvalue weighted by molar-refractivity contribution is 7.15. The highest BCUT2D eigenvalue weighted by Gasteiger charge is 2.23. The molecule has 2 N–H and O–H groups in total. The van der Waals surface area contributed by atoms with Gasteiger partial charge in [-0.15, -0.1) is 0 Å². The van der Waals surface area contributed by atoms with E-state index in [0.717, 1.165) is 16.3 Å². The Hall–Kier alpha value is -2.21. The van der Waals surface area contributed by atoms with E-state index in [-0.39, 0.29) is 11.9 Å². The fourth-order valence-corrected chi connectivity index (χ4v) is 3.08. The van der Waals surface area contributed by atoms with Crippen LogP contribution >= 0.6 is 11.3 Å². The van der Waals surface area contributed by atoms with E-state index in [9.17, 15) is 4.39 Å². The second-order valence-corrected chi connectivity index (χ2v) is 5.50. The molecule has 102 valence electrons. The molecular weight excluding hydrogens is 275 g/mol. The summed E-state index contributed by atoms with van der Waals surface area (Å²) < 4.78 is 13.1. The Labute approximate surface area is 120 Å². The minimum absolute atomic E-state index is 0.0206. The van der Waals surface area contributed by atoms with Crippen LogP contribution < -0.4 is 10.6 Å². The summed E-state index contributed by atoms with van der Waals surface area (Å²) in [6.07, 6.45) is 5.45. The number of nitrogen functional groups attached to an aromatic ring is 1. The second-order valence-electron chi connectivity index (χ2n) is 4.44. The van der Waals surface area contributed by atoms with E-state index >= 15 is 0 Å². The Balaban J connectivity index is 2.00. The van der Waals surface area contributed by atoms with Gasteiger partial charge < -0.3 is 10.6 Å². The Bertz CT molecular complexity index is 675. The first-order chi connectivity index (χ1) is 9.65. The van der Waals surface area contributed by atoms with Crippen molar-refractivity contribution in [2.45, 2.75) is 13.0 Å². The number of hydrogen-bond donors (Lipinski definition) is 1. The first-order valence-corrected chi connectivity index (χ1v) is 6.93. The number of rotatable bonds is 2. The number of aliphatic imine (C=N–C) groups is 1. The number of nitrogens with zero attached hydrogens (tertiary/aromatic N) is 3. The van der Waals surface area contributed by atoms with Gasteiger partial charge in [0.2, 0.25) is 0 Å². The number of halogens is 1. The van der Waals surface area contributed by atoms with Crippen molar-refractivity contribution in [3.8, 4) is 0 Å². The van der Waals surface area contributed by atoms with Gasteiger partial charge >= 0.3 is 0 Å². The van der Waals surface area contributed by atoms with Crippen LogP contribution in [0, 0.1) is 12.7 Å². The predicted molar refractivity (Wildman–Crippen MR) is 80.5 cm³/mol. The largest absolute Gasteiger partial charge is 0.375 e. The van der Waals surface area contributed by atoms with Crippen molar-refractivity contribution in [2.24, 2.45) is 4.99 Å². The summed E-state index contributed by atoms with van der Waals surface area (Å²) in [5.41, 5.74) is 7.55. The monoisotopic (exact) mass is 288 g/mol. The van der Waals surface area contributed by atoms with E-state index < -0.39 is 0 Å². The maximum Gasteiger partial charge on any atom is 0.180 e. The summed E-state index contributed by atoms with van der Waals surface area (Å²) in [5.74, 6) is -0.256. The first kappa shape index (κ1) is 12.8. The van der Waals surface area contributed by atoms with Gasteiger partial charge in [-0.25, -0.2) is 14.4 Å². The molecule has 20 heavy (non-hydrogen) atoms. The molecule has 1 aliphatic heterocycles. The molecular formula is C14H13FN4S. The van der Waals surface area contributed by atoms with E-state index in [1.807, 2.05) is 17.9 Å².